The van der Waals surface area contributed by atoms with E-state index in [2.05, 4.69) is 15.3 Å². The number of alkyl halides is 3. The molecule has 1 aromatic heterocycles. The van der Waals surface area contributed by atoms with Gasteiger partial charge in [0.05, 0.1) is 40.5 Å². The number of nitrogens with zero attached hydrogens (tertiary/aromatic N) is 4. The molecule has 0 aliphatic rings. The fourth-order valence-electron chi connectivity index (χ4n) is 3.32. The number of halogens is 3. The maximum atomic E-state index is 13.2. The third kappa shape index (κ3) is 6.24. The van der Waals surface area contributed by atoms with E-state index in [1.165, 1.54) is 42.7 Å². The van der Waals surface area contributed by atoms with E-state index in [4.69, 9.17) is 0 Å². The first kappa shape index (κ1) is 26.8. The molecule has 8 nitrogen and oxygen atoms in total. The minimum Gasteiger partial charge on any atom is -0.349 e. The van der Waals surface area contributed by atoms with E-state index in [0.29, 0.717) is 17.0 Å². The molecular weight excluding hydrogens is 495 g/mol. The smallest absolute Gasteiger partial charge is 0.349 e. The molecule has 0 aliphatic carbocycles. The summed E-state index contributed by atoms with van der Waals surface area (Å²) in [6, 6.07) is 13.0. The molecule has 0 radical (unpaired) electrons. The van der Waals surface area contributed by atoms with Crippen LogP contribution in [0.4, 0.5) is 13.2 Å². The van der Waals surface area contributed by atoms with Gasteiger partial charge in [-0.1, -0.05) is 24.3 Å². The van der Waals surface area contributed by atoms with Gasteiger partial charge in [-0.2, -0.15) is 22.7 Å². The van der Waals surface area contributed by atoms with Crippen LogP contribution in [-0.4, -0.2) is 41.2 Å². The van der Waals surface area contributed by atoms with Crippen LogP contribution in [0.2, 0.25) is 0 Å². The van der Waals surface area contributed by atoms with Crippen LogP contribution in [0.25, 0.3) is 11.3 Å². The molecule has 188 valence electrons. The number of carbonyl (C=O) groups excluding carboxylic acids is 1. The molecule has 0 fully saturated rings. The molecule has 12 heteroatoms. The lowest BCUT2D eigenvalue weighted by atomic mass is 10.1. The van der Waals surface area contributed by atoms with Gasteiger partial charge in [0.1, 0.15) is 12.4 Å². The predicted molar refractivity (Wildman–Crippen MR) is 125 cm³/mol. The Balaban J connectivity index is 1.71. The van der Waals surface area contributed by atoms with Crippen molar-refractivity contribution in [3.8, 4) is 17.3 Å². The summed E-state index contributed by atoms with van der Waals surface area (Å²) < 4.78 is 65.7. The summed E-state index contributed by atoms with van der Waals surface area (Å²) in [5.41, 5.74) is 0.367. The first-order valence-electron chi connectivity index (χ1n) is 10.7. The molecule has 1 heterocycles. The van der Waals surface area contributed by atoms with Crippen molar-refractivity contribution >= 4 is 15.9 Å². The molecule has 0 spiro atoms. The number of rotatable bonds is 8. The summed E-state index contributed by atoms with van der Waals surface area (Å²) in [4.78, 5) is 20.5. The summed E-state index contributed by atoms with van der Waals surface area (Å²) >= 11 is 0. The predicted octanol–water partition coefficient (Wildman–Crippen LogP) is 3.75. The van der Waals surface area contributed by atoms with Crippen molar-refractivity contribution in [2.24, 2.45) is 0 Å². The van der Waals surface area contributed by atoms with E-state index in [0.717, 1.165) is 16.4 Å². The van der Waals surface area contributed by atoms with Gasteiger partial charge >= 0.3 is 6.18 Å². The Morgan fingerprint density at radius 1 is 1.11 bits per heavy atom. The van der Waals surface area contributed by atoms with Crippen molar-refractivity contribution < 1.29 is 26.4 Å². The van der Waals surface area contributed by atoms with Gasteiger partial charge < -0.3 is 5.32 Å². The Labute approximate surface area is 206 Å². The number of amides is 1. The van der Waals surface area contributed by atoms with Crippen LogP contribution in [0, 0.1) is 11.3 Å². The average Bonchev–Trinajstić information content (AvgIpc) is 2.85. The van der Waals surface area contributed by atoms with Gasteiger partial charge in [-0.05, 0) is 44.2 Å². The van der Waals surface area contributed by atoms with Crippen LogP contribution < -0.4 is 5.32 Å². The fourth-order valence-corrected chi connectivity index (χ4v) is 5.06. The molecule has 1 N–H and O–H groups in total. The van der Waals surface area contributed by atoms with Crippen LogP contribution in [0.15, 0.2) is 65.8 Å². The fraction of sp³-hybridized carbons (Fsp3) is 0.250. The number of hydrogen-bond donors (Lipinski definition) is 1. The normalized spacial score (nSPS) is 11.9. The minimum absolute atomic E-state index is 0.0275. The molecule has 3 rings (SSSR count). The first-order valence-corrected chi connectivity index (χ1v) is 12.1. The van der Waals surface area contributed by atoms with Gasteiger partial charge in [0.15, 0.2) is 0 Å². The second kappa shape index (κ2) is 10.8. The summed E-state index contributed by atoms with van der Waals surface area (Å²) in [5, 5.41) is 11.9. The first-order chi connectivity index (χ1) is 16.9. The Morgan fingerprint density at radius 3 is 2.39 bits per heavy atom. The Hall–Kier alpha value is -3.82. The van der Waals surface area contributed by atoms with Crippen LogP contribution >= 0.6 is 0 Å². The summed E-state index contributed by atoms with van der Waals surface area (Å²) in [6.45, 7) is 2.67. The molecule has 36 heavy (non-hydrogen) atoms. The zero-order valence-corrected chi connectivity index (χ0v) is 20.1. The van der Waals surface area contributed by atoms with E-state index >= 15 is 0 Å². The maximum absolute atomic E-state index is 13.2. The Bertz CT molecular complexity index is 1390. The lowest BCUT2D eigenvalue weighted by Gasteiger charge is -2.25. The highest BCUT2D eigenvalue weighted by Gasteiger charge is 2.31. The lowest BCUT2D eigenvalue weighted by molar-refractivity contribution is -0.137. The zero-order valence-electron chi connectivity index (χ0n) is 19.3. The molecule has 1 amide bonds. The molecule has 2 aromatic carbocycles. The van der Waals surface area contributed by atoms with E-state index in [1.54, 1.807) is 19.9 Å². The largest absolute Gasteiger partial charge is 0.416 e. The molecular formula is C24H22F3N5O3S. The SMILES string of the molecule is CC(C)N(CC(=O)NCc1cc(-c2ccc(C(F)(F)F)cc2)ncn1)S(=O)(=O)c1ccccc1C#N. The van der Waals surface area contributed by atoms with Crippen LogP contribution in [-0.2, 0) is 27.5 Å². The summed E-state index contributed by atoms with van der Waals surface area (Å²) in [6.07, 6.45) is -3.23. The van der Waals surface area contributed by atoms with Gasteiger partial charge in [-0.15, -0.1) is 0 Å². The van der Waals surface area contributed by atoms with Gasteiger partial charge in [-0.25, -0.2) is 18.4 Å². The number of carbonyl (C=O) groups is 1. The van der Waals surface area contributed by atoms with Crippen molar-refractivity contribution in [2.45, 2.75) is 37.5 Å². The topological polar surface area (TPSA) is 116 Å². The number of nitrogens with one attached hydrogen (secondary N) is 1. The standard InChI is InChI=1S/C24H22F3N5O3S/c1-16(2)32(36(34,35)22-6-4-3-5-18(22)12-28)14-23(33)29-13-20-11-21(31-15-30-20)17-7-9-19(10-8-17)24(25,26)27/h3-11,15-16H,13-14H2,1-2H3,(H,29,33). The van der Waals surface area contributed by atoms with Gasteiger partial charge in [0, 0.05) is 11.6 Å². The van der Waals surface area contributed by atoms with E-state index in [9.17, 15) is 31.6 Å². The van der Waals surface area contributed by atoms with Crippen LogP contribution in [0.5, 0.6) is 0 Å². The minimum atomic E-state index is -4.45. The highest BCUT2D eigenvalue weighted by Crippen LogP contribution is 2.30. The summed E-state index contributed by atoms with van der Waals surface area (Å²) in [7, 11) is -4.13. The summed E-state index contributed by atoms with van der Waals surface area (Å²) in [5.74, 6) is -0.601. The monoisotopic (exact) mass is 517 g/mol. The molecule has 0 bridgehead atoms. The lowest BCUT2D eigenvalue weighted by Crippen LogP contribution is -2.44. The van der Waals surface area contributed by atoms with Crippen molar-refractivity contribution in [1.29, 1.82) is 5.26 Å². The number of benzene rings is 2. The van der Waals surface area contributed by atoms with Crippen molar-refractivity contribution in [3.63, 3.8) is 0 Å². The Morgan fingerprint density at radius 2 is 1.78 bits per heavy atom. The second-order valence-electron chi connectivity index (χ2n) is 8.00. The van der Waals surface area contributed by atoms with E-state index in [1.807, 2.05) is 6.07 Å². The third-order valence-corrected chi connectivity index (χ3v) is 7.25. The molecule has 0 saturated heterocycles. The number of sulfonamides is 1. The van der Waals surface area contributed by atoms with Crippen LogP contribution in [0.1, 0.15) is 30.7 Å². The highest BCUT2D eigenvalue weighted by molar-refractivity contribution is 7.89. The molecule has 0 saturated carbocycles. The number of nitriles is 1. The third-order valence-electron chi connectivity index (χ3n) is 5.17. The molecule has 0 aliphatic heterocycles. The number of aromatic nitrogens is 2. The van der Waals surface area contributed by atoms with E-state index < -0.39 is 40.3 Å². The molecule has 3 aromatic rings. The van der Waals surface area contributed by atoms with Crippen molar-refractivity contribution in [3.05, 3.63) is 77.7 Å². The highest BCUT2D eigenvalue weighted by atomic mass is 32.2. The van der Waals surface area contributed by atoms with Gasteiger partial charge in [0.2, 0.25) is 15.9 Å². The number of hydrogen-bond acceptors (Lipinski definition) is 6. The molecule has 0 atom stereocenters. The van der Waals surface area contributed by atoms with Crippen molar-refractivity contribution in [1.82, 2.24) is 19.6 Å². The maximum Gasteiger partial charge on any atom is 0.416 e. The van der Waals surface area contributed by atoms with Crippen molar-refractivity contribution in [2.75, 3.05) is 6.54 Å². The zero-order chi connectivity index (χ0) is 26.5. The average molecular weight is 518 g/mol. The van der Waals surface area contributed by atoms with Gasteiger partial charge in [-0.3, -0.25) is 4.79 Å². The van der Waals surface area contributed by atoms with E-state index in [-0.39, 0.29) is 17.0 Å². The van der Waals surface area contributed by atoms with Crippen LogP contribution in [0.3, 0.4) is 0 Å². The molecule has 0 unspecified atom stereocenters. The second-order valence-corrected chi connectivity index (χ2v) is 9.86. The van der Waals surface area contributed by atoms with Gasteiger partial charge in [0.25, 0.3) is 0 Å². The Kier molecular flexibility index (Phi) is 8.07. The quantitative estimate of drug-likeness (QED) is 0.487.